The van der Waals surface area contributed by atoms with Crippen LogP contribution >= 0.6 is 27.7 Å². The molecule has 0 bridgehead atoms. The number of hydrogen-bond donors (Lipinski definition) is 2. The van der Waals surface area contributed by atoms with Gasteiger partial charge in [0.05, 0.1) is 5.25 Å². The first-order valence-electron chi connectivity index (χ1n) is 6.54. The van der Waals surface area contributed by atoms with Gasteiger partial charge < -0.3 is 10.6 Å². The number of rotatable bonds is 8. The van der Waals surface area contributed by atoms with E-state index in [0.717, 1.165) is 28.9 Å². The predicted octanol–water partition coefficient (Wildman–Crippen LogP) is 3.05. The minimum absolute atomic E-state index is 0.0765. The SMILES string of the molecule is CCCNCCNC(=O)C(C)Sc1ccc(Br)cc1. The smallest absolute Gasteiger partial charge is 0.233 e. The summed E-state index contributed by atoms with van der Waals surface area (Å²) < 4.78 is 1.05. The number of nitrogens with one attached hydrogen (secondary N) is 2. The molecule has 0 radical (unpaired) electrons. The van der Waals surface area contributed by atoms with E-state index in [1.807, 2.05) is 31.2 Å². The van der Waals surface area contributed by atoms with Gasteiger partial charge in [-0.2, -0.15) is 0 Å². The highest BCUT2D eigenvalue weighted by molar-refractivity contribution is 9.10. The van der Waals surface area contributed by atoms with E-state index in [0.29, 0.717) is 6.54 Å². The third kappa shape index (κ3) is 6.99. The van der Waals surface area contributed by atoms with Crippen LogP contribution in [0.2, 0.25) is 0 Å². The van der Waals surface area contributed by atoms with E-state index in [2.05, 4.69) is 33.5 Å². The molecule has 3 nitrogen and oxygen atoms in total. The van der Waals surface area contributed by atoms with Crippen molar-refractivity contribution in [1.29, 1.82) is 0 Å². The quantitative estimate of drug-likeness (QED) is 0.562. The lowest BCUT2D eigenvalue weighted by atomic mass is 10.4. The third-order valence-electron chi connectivity index (χ3n) is 2.52. The van der Waals surface area contributed by atoms with Crippen LogP contribution in [0.4, 0.5) is 0 Å². The standard InChI is InChI=1S/C14H21BrN2OS/c1-3-8-16-9-10-17-14(18)11(2)19-13-6-4-12(15)5-7-13/h4-7,11,16H,3,8-10H2,1-2H3,(H,17,18). The van der Waals surface area contributed by atoms with Crippen molar-refractivity contribution in [3.05, 3.63) is 28.7 Å². The lowest BCUT2D eigenvalue weighted by Crippen LogP contribution is -2.36. The van der Waals surface area contributed by atoms with Crippen LogP contribution in [-0.4, -0.2) is 30.8 Å². The Balaban J connectivity index is 2.26. The van der Waals surface area contributed by atoms with Gasteiger partial charge in [-0.15, -0.1) is 11.8 Å². The molecule has 1 aromatic rings. The van der Waals surface area contributed by atoms with Crippen LogP contribution in [0.25, 0.3) is 0 Å². The molecule has 0 aliphatic rings. The highest BCUT2D eigenvalue weighted by Gasteiger charge is 2.13. The predicted molar refractivity (Wildman–Crippen MR) is 85.6 cm³/mol. The maximum Gasteiger partial charge on any atom is 0.233 e. The number of carbonyl (C=O) groups excluding carboxylic acids is 1. The molecule has 0 saturated heterocycles. The van der Waals surface area contributed by atoms with Crippen LogP contribution in [0.3, 0.4) is 0 Å². The number of carbonyl (C=O) groups is 1. The maximum absolute atomic E-state index is 11.9. The van der Waals surface area contributed by atoms with Gasteiger partial charge in [0.15, 0.2) is 0 Å². The zero-order chi connectivity index (χ0) is 14.1. The molecule has 0 spiro atoms. The molecule has 0 fully saturated rings. The monoisotopic (exact) mass is 344 g/mol. The van der Waals surface area contributed by atoms with Crippen molar-refractivity contribution in [3.8, 4) is 0 Å². The van der Waals surface area contributed by atoms with Gasteiger partial charge in [0.25, 0.3) is 0 Å². The second kappa shape index (κ2) is 9.39. The molecular formula is C14H21BrN2OS. The summed E-state index contributed by atoms with van der Waals surface area (Å²) in [4.78, 5) is 13.0. The molecule has 0 heterocycles. The Morgan fingerprint density at radius 1 is 1.26 bits per heavy atom. The molecule has 0 saturated carbocycles. The van der Waals surface area contributed by atoms with Crippen LogP contribution in [0.15, 0.2) is 33.6 Å². The van der Waals surface area contributed by atoms with Crippen LogP contribution < -0.4 is 10.6 Å². The molecular weight excluding hydrogens is 324 g/mol. The Morgan fingerprint density at radius 3 is 2.58 bits per heavy atom. The summed E-state index contributed by atoms with van der Waals surface area (Å²) >= 11 is 4.98. The van der Waals surface area contributed by atoms with E-state index in [9.17, 15) is 4.79 Å². The van der Waals surface area contributed by atoms with Gasteiger partial charge in [-0.1, -0.05) is 22.9 Å². The van der Waals surface area contributed by atoms with E-state index in [-0.39, 0.29) is 11.2 Å². The van der Waals surface area contributed by atoms with Crippen LogP contribution in [-0.2, 0) is 4.79 Å². The van der Waals surface area contributed by atoms with Gasteiger partial charge in [-0.05, 0) is 44.2 Å². The zero-order valence-corrected chi connectivity index (χ0v) is 13.8. The average molecular weight is 345 g/mol. The molecule has 0 aliphatic heterocycles. The number of amides is 1. The molecule has 0 aromatic heterocycles. The van der Waals surface area contributed by atoms with Crippen molar-refractivity contribution < 1.29 is 4.79 Å². The fourth-order valence-corrected chi connectivity index (χ4v) is 2.65. The van der Waals surface area contributed by atoms with Crippen molar-refractivity contribution in [1.82, 2.24) is 10.6 Å². The summed E-state index contributed by atoms with van der Waals surface area (Å²) in [5, 5.41) is 6.12. The highest BCUT2D eigenvalue weighted by Crippen LogP contribution is 2.24. The fourth-order valence-electron chi connectivity index (χ4n) is 1.49. The summed E-state index contributed by atoms with van der Waals surface area (Å²) in [6, 6.07) is 8.01. The number of hydrogen-bond acceptors (Lipinski definition) is 3. The van der Waals surface area contributed by atoms with Crippen LogP contribution in [0.1, 0.15) is 20.3 Å². The normalized spacial score (nSPS) is 12.2. The largest absolute Gasteiger partial charge is 0.354 e. The van der Waals surface area contributed by atoms with Gasteiger partial charge >= 0.3 is 0 Å². The number of benzene rings is 1. The van der Waals surface area contributed by atoms with E-state index in [4.69, 9.17) is 0 Å². The molecule has 1 unspecified atom stereocenters. The Labute approximate surface area is 128 Å². The number of halogens is 1. The molecule has 0 aliphatic carbocycles. The van der Waals surface area contributed by atoms with Crippen molar-refractivity contribution >= 4 is 33.6 Å². The first-order chi connectivity index (χ1) is 9.13. The summed E-state index contributed by atoms with van der Waals surface area (Å²) in [5.74, 6) is 0.0891. The van der Waals surface area contributed by atoms with Gasteiger partial charge in [-0.25, -0.2) is 0 Å². The molecule has 1 amide bonds. The molecule has 1 rings (SSSR count). The summed E-state index contributed by atoms with van der Waals surface area (Å²) in [7, 11) is 0. The second-order valence-corrected chi connectivity index (χ2v) is 6.58. The van der Waals surface area contributed by atoms with Gasteiger partial charge in [0, 0.05) is 22.5 Å². The molecule has 5 heteroatoms. The van der Waals surface area contributed by atoms with Crippen LogP contribution in [0.5, 0.6) is 0 Å². The Bertz CT molecular complexity index is 384. The van der Waals surface area contributed by atoms with Crippen molar-refractivity contribution in [3.63, 3.8) is 0 Å². The highest BCUT2D eigenvalue weighted by atomic mass is 79.9. The van der Waals surface area contributed by atoms with Gasteiger partial charge in [0.1, 0.15) is 0 Å². The fraction of sp³-hybridized carbons (Fsp3) is 0.500. The van der Waals surface area contributed by atoms with Crippen molar-refractivity contribution in [2.24, 2.45) is 0 Å². The third-order valence-corrected chi connectivity index (χ3v) is 4.16. The van der Waals surface area contributed by atoms with E-state index in [1.54, 1.807) is 11.8 Å². The van der Waals surface area contributed by atoms with Gasteiger partial charge in [0.2, 0.25) is 5.91 Å². The lowest BCUT2D eigenvalue weighted by molar-refractivity contribution is -0.120. The minimum atomic E-state index is -0.0765. The molecule has 1 atom stereocenters. The maximum atomic E-state index is 11.9. The first kappa shape index (κ1) is 16.5. The van der Waals surface area contributed by atoms with E-state index in [1.165, 1.54) is 0 Å². The lowest BCUT2D eigenvalue weighted by Gasteiger charge is -2.12. The zero-order valence-electron chi connectivity index (χ0n) is 11.4. The molecule has 2 N–H and O–H groups in total. The average Bonchev–Trinajstić information content (AvgIpc) is 2.41. The Hall–Kier alpha value is -0.520. The Kier molecular flexibility index (Phi) is 8.18. The first-order valence-corrected chi connectivity index (χ1v) is 8.21. The Morgan fingerprint density at radius 2 is 1.95 bits per heavy atom. The molecule has 1 aromatic carbocycles. The summed E-state index contributed by atoms with van der Waals surface area (Å²) in [5.41, 5.74) is 0. The topological polar surface area (TPSA) is 41.1 Å². The second-order valence-electron chi connectivity index (χ2n) is 4.26. The van der Waals surface area contributed by atoms with E-state index >= 15 is 0 Å². The number of thioether (sulfide) groups is 1. The summed E-state index contributed by atoms with van der Waals surface area (Å²) in [6.45, 7) is 6.57. The van der Waals surface area contributed by atoms with E-state index < -0.39 is 0 Å². The molecule has 106 valence electrons. The van der Waals surface area contributed by atoms with Crippen molar-refractivity contribution in [2.45, 2.75) is 30.4 Å². The van der Waals surface area contributed by atoms with Crippen molar-refractivity contribution in [2.75, 3.05) is 19.6 Å². The molecule has 19 heavy (non-hydrogen) atoms. The minimum Gasteiger partial charge on any atom is -0.354 e. The van der Waals surface area contributed by atoms with Gasteiger partial charge in [-0.3, -0.25) is 4.79 Å². The van der Waals surface area contributed by atoms with Crippen LogP contribution in [0, 0.1) is 0 Å². The summed E-state index contributed by atoms with van der Waals surface area (Å²) in [6.07, 6.45) is 1.11.